The van der Waals surface area contributed by atoms with Crippen molar-refractivity contribution in [1.29, 1.82) is 0 Å². The second-order valence-corrected chi connectivity index (χ2v) is 5.41. The van der Waals surface area contributed by atoms with Crippen LogP contribution in [0.25, 0.3) is 0 Å². The maximum absolute atomic E-state index is 12.0. The minimum absolute atomic E-state index is 0.0289. The molecular weight excluding hydrogens is 250 g/mol. The number of amides is 1. The molecular formula is C13H16NO5-. The third kappa shape index (κ3) is 1.70. The number of hydrogen-bond donors (Lipinski definition) is 1. The van der Waals surface area contributed by atoms with E-state index in [2.05, 4.69) is 0 Å². The molecule has 6 nitrogen and oxygen atoms in total. The second kappa shape index (κ2) is 4.31. The Morgan fingerprint density at radius 2 is 2.32 bits per heavy atom. The molecule has 0 aliphatic carbocycles. The summed E-state index contributed by atoms with van der Waals surface area (Å²) in [7, 11) is 0. The number of fused-ring (bicyclic) bond motifs is 1. The summed E-state index contributed by atoms with van der Waals surface area (Å²) in [5.74, 6) is -2.16. The lowest BCUT2D eigenvalue weighted by Gasteiger charge is -2.45. The standard InChI is InChI=1S/C13H17NO5/c1-6(15)10-8-5-7(9-3-2-4-19-9)11(13(17)18)14(8)12(10)16/h6,8-10,15H,2-5H2,1H3,(H,17,18)/p-1/t6-,8-,9-,10-/m1/s1. The average Bonchev–Trinajstić information content (AvgIpc) is 2.92. The zero-order valence-electron chi connectivity index (χ0n) is 10.7. The SMILES string of the molecule is C[C@@H](O)[C@H]1C(=O)N2C(C(=O)[O-])=C([C@H]3CCCO3)C[C@H]12. The molecule has 6 heteroatoms. The topological polar surface area (TPSA) is 89.9 Å². The van der Waals surface area contributed by atoms with Crippen molar-refractivity contribution in [1.82, 2.24) is 4.90 Å². The van der Waals surface area contributed by atoms with Gasteiger partial charge >= 0.3 is 0 Å². The van der Waals surface area contributed by atoms with Crippen molar-refractivity contribution < 1.29 is 24.5 Å². The largest absolute Gasteiger partial charge is 0.543 e. The average molecular weight is 266 g/mol. The van der Waals surface area contributed by atoms with Crippen LogP contribution in [0, 0.1) is 5.92 Å². The first kappa shape index (κ1) is 12.6. The third-order valence-electron chi connectivity index (χ3n) is 4.27. The summed E-state index contributed by atoms with van der Waals surface area (Å²) >= 11 is 0. The first-order chi connectivity index (χ1) is 9.02. The van der Waals surface area contributed by atoms with E-state index in [0.717, 1.165) is 12.8 Å². The normalized spacial score (nSPS) is 35.4. The first-order valence-corrected chi connectivity index (χ1v) is 6.59. The lowest BCUT2D eigenvalue weighted by atomic mass is 9.82. The van der Waals surface area contributed by atoms with Crippen molar-refractivity contribution in [2.75, 3.05) is 6.61 Å². The highest BCUT2D eigenvalue weighted by molar-refractivity contribution is 5.99. The third-order valence-corrected chi connectivity index (χ3v) is 4.27. The molecule has 2 fully saturated rings. The lowest BCUT2D eigenvalue weighted by molar-refractivity contribution is -0.301. The van der Waals surface area contributed by atoms with Gasteiger partial charge < -0.3 is 24.6 Å². The van der Waals surface area contributed by atoms with Crippen LogP contribution in [0.15, 0.2) is 11.3 Å². The van der Waals surface area contributed by atoms with E-state index >= 15 is 0 Å². The fraction of sp³-hybridized carbons (Fsp3) is 0.692. The maximum atomic E-state index is 12.0. The first-order valence-electron chi connectivity index (χ1n) is 6.59. The number of aliphatic hydroxyl groups is 1. The number of carbonyl (C=O) groups excluding carboxylic acids is 2. The molecule has 104 valence electrons. The van der Waals surface area contributed by atoms with Gasteiger partial charge in [0.2, 0.25) is 5.91 Å². The van der Waals surface area contributed by atoms with E-state index in [1.54, 1.807) is 6.92 Å². The summed E-state index contributed by atoms with van der Waals surface area (Å²) < 4.78 is 5.52. The Balaban J connectivity index is 1.91. The quantitative estimate of drug-likeness (QED) is 0.647. The van der Waals surface area contributed by atoms with Crippen molar-refractivity contribution in [2.45, 2.75) is 44.4 Å². The van der Waals surface area contributed by atoms with Gasteiger partial charge in [0.1, 0.15) is 0 Å². The van der Waals surface area contributed by atoms with Crippen molar-refractivity contribution in [3.05, 3.63) is 11.3 Å². The van der Waals surface area contributed by atoms with Gasteiger partial charge in [-0.15, -0.1) is 0 Å². The Hall–Kier alpha value is -1.40. The Labute approximate surface area is 110 Å². The van der Waals surface area contributed by atoms with Gasteiger partial charge in [-0.1, -0.05) is 0 Å². The summed E-state index contributed by atoms with van der Waals surface area (Å²) in [6.45, 7) is 2.18. The summed E-state index contributed by atoms with van der Waals surface area (Å²) in [5.41, 5.74) is 0.623. The number of β-lactam (4-membered cyclic amide) rings is 1. The molecule has 0 spiro atoms. The summed E-state index contributed by atoms with van der Waals surface area (Å²) in [6, 6.07) is -0.250. The predicted octanol–water partition coefficient (Wildman–Crippen LogP) is -1.22. The molecule has 2 saturated heterocycles. The molecule has 1 N–H and O–H groups in total. The number of carbonyl (C=O) groups is 2. The minimum Gasteiger partial charge on any atom is -0.543 e. The van der Waals surface area contributed by atoms with Crippen LogP contribution >= 0.6 is 0 Å². The van der Waals surface area contributed by atoms with Crippen molar-refractivity contribution in [3.63, 3.8) is 0 Å². The van der Waals surface area contributed by atoms with Crippen LogP contribution in [0.1, 0.15) is 26.2 Å². The lowest BCUT2D eigenvalue weighted by Crippen LogP contribution is -2.62. The van der Waals surface area contributed by atoms with Gasteiger partial charge in [0.05, 0.1) is 35.8 Å². The van der Waals surface area contributed by atoms with Gasteiger partial charge in [0.25, 0.3) is 0 Å². The van der Waals surface area contributed by atoms with Gasteiger partial charge in [-0.3, -0.25) is 4.79 Å². The maximum Gasteiger partial charge on any atom is 0.235 e. The number of hydrogen-bond acceptors (Lipinski definition) is 5. The molecule has 4 atom stereocenters. The van der Waals surface area contributed by atoms with Crippen LogP contribution in [0.2, 0.25) is 0 Å². The number of carboxylic acids is 1. The highest BCUT2D eigenvalue weighted by atomic mass is 16.5. The molecule has 3 rings (SSSR count). The molecule has 19 heavy (non-hydrogen) atoms. The van der Waals surface area contributed by atoms with Gasteiger partial charge in [0.15, 0.2) is 0 Å². The van der Waals surface area contributed by atoms with Crippen LogP contribution in [-0.2, 0) is 14.3 Å². The number of aliphatic carboxylic acids is 1. The van der Waals surface area contributed by atoms with Crippen LogP contribution in [-0.4, -0.2) is 46.7 Å². The van der Waals surface area contributed by atoms with E-state index in [1.807, 2.05) is 0 Å². The molecule has 3 heterocycles. The van der Waals surface area contributed by atoms with Crippen LogP contribution < -0.4 is 5.11 Å². The van der Waals surface area contributed by atoms with E-state index in [-0.39, 0.29) is 23.8 Å². The minimum atomic E-state index is -1.33. The molecule has 0 aromatic heterocycles. The molecule has 3 aliphatic heterocycles. The number of aliphatic hydroxyl groups excluding tert-OH is 1. The fourth-order valence-corrected chi connectivity index (χ4v) is 3.43. The van der Waals surface area contributed by atoms with Gasteiger partial charge in [-0.05, 0) is 31.8 Å². The molecule has 0 saturated carbocycles. The van der Waals surface area contributed by atoms with Crippen molar-refractivity contribution in [3.8, 4) is 0 Å². The molecule has 3 aliphatic rings. The predicted molar refractivity (Wildman–Crippen MR) is 61.4 cm³/mol. The van der Waals surface area contributed by atoms with Gasteiger partial charge in [0, 0.05) is 6.61 Å². The Kier molecular flexibility index (Phi) is 2.87. The van der Waals surface area contributed by atoms with E-state index in [1.165, 1.54) is 4.90 Å². The summed E-state index contributed by atoms with van der Waals surface area (Å²) in [4.78, 5) is 24.5. The Morgan fingerprint density at radius 3 is 2.84 bits per heavy atom. The number of ether oxygens (including phenoxy) is 1. The highest BCUT2D eigenvalue weighted by Crippen LogP contribution is 2.45. The zero-order valence-corrected chi connectivity index (χ0v) is 10.7. The molecule has 0 bridgehead atoms. The molecule has 1 amide bonds. The van der Waals surface area contributed by atoms with Gasteiger partial charge in [-0.25, -0.2) is 0 Å². The van der Waals surface area contributed by atoms with Gasteiger partial charge in [-0.2, -0.15) is 0 Å². The van der Waals surface area contributed by atoms with Crippen LogP contribution in [0.3, 0.4) is 0 Å². The summed E-state index contributed by atoms with van der Waals surface area (Å²) in [6.07, 6.45) is 1.16. The van der Waals surface area contributed by atoms with E-state index < -0.39 is 18.0 Å². The molecule has 0 radical (unpaired) electrons. The van der Waals surface area contributed by atoms with E-state index in [9.17, 15) is 19.8 Å². The molecule has 0 aromatic carbocycles. The smallest absolute Gasteiger partial charge is 0.235 e. The van der Waals surface area contributed by atoms with E-state index in [4.69, 9.17) is 4.74 Å². The highest BCUT2D eigenvalue weighted by Gasteiger charge is 2.56. The number of rotatable bonds is 3. The Morgan fingerprint density at radius 1 is 1.58 bits per heavy atom. The van der Waals surface area contributed by atoms with Crippen LogP contribution in [0.4, 0.5) is 0 Å². The zero-order chi connectivity index (χ0) is 13.7. The second-order valence-electron chi connectivity index (χ2n) is 5.41. The molecule has 0 unspecified atom stereocenters. The van der Waals surface area contributed by atoms with Crippen molar-refractivity contribution in [2.24, 2.45) is 5.92 Å². The number of carboxylic acid groups (broad SMARTS) is 1. The molecule has 0 aromatic rings. The fourth-order valence-electron chi connectivity index (χ4n) is 3.43. The monoisotopic (exact) mass is 266 g/mol. The Bertz CT molecular complexity index is 464. The summed E-state index contributed by atoms with van der Waals surface area (Å²) in [5, 5.41) is 20.9. The van der Waals surface area contributed by atoms with Crippen molar-refractivity contribution >= 4 is 11.9 Å². The number of nitrogens with zero attached hydrogens (tertiary/aromatic N) is 1. The van der Waals surface area contributed by atoms with Crippen LogP contribution in [0.5, 0.6) is 0 Å². The van der Waals surface area contributed by atoms with E-state index in [0.29, 0.717) is 18.6 Å².